The highest BCUT2D eigenvalue weighted by Gasteiger charge is 2.42. The maximum atomic E-state index is 13.8. The van der Waals surface area contributed by atoms with Crippen LogP contribution in [0.2, 0.25) is 0 Å². The summed E-state index contributed by atoms with van der Waals surface area (Å²) in [4.78, 5) is 44.3. The second-order valence-corrected chi connectivity index (χ2v) is 10.8. The van der Waals surface area contributed by atoms with E-state index in [0.29, 0.717) is 49.4 Å². The van der Waals surface area contributed by atoms with Crippen LogP contribution in [0.5, 0.6) is 5.75 Å². The van der Waals surface area contributed by atoms with Crippen molar-refractivity contribution in [1.29, 1.82) is 0 Å². The second kappa shape index (κ2) is 13.3. The Morgan fingerprint density at radius 1 is 1.10 bits per heavy atom. The van der Waals surface area contributed by atoms with Crippen LogP contribution in [0.1, 0.15) is 80.4 Å². The van der Waals surface area contributed by atoms with Crippen molar-refractivity contribution in [2.24, 2.45) is 22.1 Å². The van der Waals surface area contributed by atoms with Gasteiger partial charge in [0.1, 0.15) is 11.6 Å². The van der Waals surface area contributed by atoms with Crippen molar-refractivity contribution in [1.82, 2.24) is 10.2 Å². The van der Waals surface area contributed by atoms with Gasteiger partial charge in [-0.05, 0) is 68.9 Å². The molecule has 0 saturated carbocycles. The summed E-state index contributed by atoms with van der Waals surface area (Å²) in [6.07, 6.45) is 3.32. The number of nitrogens with two attached hydrogens (primary N) is 1. The molecule has 39 heavy (non-hydrogen) atoms. The van der Waals surface area contributed by atoms with Crippen molar-refractivity contribution in [2.45, 2.75) is 58.9 Å². The third kappa shape index (κ3) is 7.81. The molecule has 1 unspecified atom stereocenters. The van der Waals surface area contributed by atoms with E-state index in [2.05, 4.69) is 17.2 Å². The molecule has 1 fully saturated rings. The van der Waals surface area contributed by atoms with E-state index < -0.39 is 17.4 Å². The van der Waals surface area contributed by atoms with Gasteiger partial charge in [-0.3, -0.25) is 19.4 Å². The van der Waals surface area contributed by atoms with Crippen molar-refractivity contribution in [3.05, 3.63) is 65.2 Å². The molecule has 1 saturated heterocycles. The first kappa shape index (κ1) is 29.7. The van der Waals surface area contributed by atoms with Crippen LogP contribution in [0.3, 0.4) is 0 Å². The summed E-state index contributed by atoms with van der Waals surface area (Å²) in [5.74, 6) is -0.830. The number of aliphatic carboxylic acids is 1. The molecular weight excluding hydrogens is 496 g/mol. The third-order valence-electron chi connectivity index (χ3n) is 7.35. The predicted molar refractivity (Wildman–Crippen MR) is 151 cm³/mol. The number of nitrogens with one attached hydrogen (secondary N) is 1. The van der Waals surface area contributed by atoms with Crippen LogP contribution in [0, 0.1) is 11.3 Å². The van der Waals surface area contributed by atoms with E-state index in [1.807, 2.05) is 0 Å². The second-order valence-electron chi connectivity index (χ2n) is 10.8. The number of piperidine rings is 1. The molecule has 9 nitrogen and oxygen atoms in total. The Hall–Kier alpha value is -3.88. The summed E-state index contributed by atoms with van der Waals surface area (Å²) < 4.78 is 0. The van der Waals surface area contributed by atoms with E-state index in [1.165, 1.54) is 6.07 Å². The molecule has 0 bridgehead atoms. The molecule has 0 aliphatic carbocycles. The van der Waals surface area contributed by atoms with Gasteiger partial charge in [-0.25, -0.2) is 0 Å². The fourth-order valence-electron chi connectivity index (χ4n) is 4.96. The molecule has 1 aliphatic heterocycles. The van der Waals surface area contributed by atoms with Gasteiger partial charge < -0.3 is 26.2 Å². The van der Waals surface area contributed by atoms with E-state index in [1.54, 1.807) is 61.2 Å². The van der Waals surface area contributed by atoms with Crippen LogP contribution in [0.25, 0.3) is 0 Å². The van der Waals surface area contributed by atoms with Crippen LogP contribution in [0.15, 0.2) is 53.5 Å². The summed E-state index contributed by atoms with van der Waals surface area (Å²) in [6.45, 7) is 7.22. The van der Waals surface area contributed by atoms with Crippen molar-refractivity contribution in [2.75, 3.05) is 19.6 Å². The van der Waals surface area contributed by atoms with Gasteiger partial charge in [-0.1, -0.05) is 37.6 Å². The molecule has 0 radical (unpaired) electrons. The lowest BCUT2D eigenvalue weighted by Crippen LogP contribution is -2.51. The molecular formula is C30H40N4O5. The average molecular weight is 537 g/mol. The molecule has 210 valence electrons. The highest BCUT2D eigenvalue weighted by Crippen LogP contribution is 2.38. The zero-order valence-electron chi connectivity index (χ0n) is 23.0. The lowest BCUT2D eigenvalue weighted by molar-refractivity contribution is -0.144. The number of aliphatic imine (C=N–C) groups is 1. The molecule has 2 aromatic carbocycles. The van der Waals surface area contributed by atoms with E-state index >= 15 is 0 Å². The predicted octanol–water partition coefficient (Wildman–Crippen LogP) is 4.11. The SMILES string of the molecule is CCCCN=C(N)c1ccc(C(=O)NC(c2cccc(O)c2)C(C)(C)C(=O)N2CCC(CC(=O)O)CC2)cc1. The molecule has 2 amide bonds. The lowest BCUT2D eigenvalue weighted by atomic mass is 9.78. The van der Waals surface area contributed by atoms with E-state index in [9.17, 15) is 19.5 Å². The molecule has 2 aromatic rings. The van der Waals surface area contributed by atoms with Crippen molar-refractivity contribution < 1.29 is 24.6 Å². The molecule has 1 atom stereocenters. The Bertz CT molecular complexity index is 1180. The minimum Gasteiger partial charge on any atom is -0.508 e. The number of rotatable bonds is 11. The average Bonchev–Trinajstić information content (AvgIpc) is 2.91. The largest absolute Gasteiger partial charge is 0.508 e. The monoisotopic (exact) mass is 536 g/mol. The summed E-state index contributed by atoms with van der Waals surface area (Å²) in [5, 5.41) is 22.3. The molecule has 9 heteroatoms. The lowest BCUT2D eigenvalue weighted by Gasteiger charge is -2.40. The standard InChI is InChI=1S/C30H40N4O5/c1-4-5-15-32-27(31)21-9-11-22(12-10-21)28(38)33-26(23-7-6-8-24(35)19-23)30(2,3)29(39)34-16-13-20(14-17-34)18-25(36)37/h6-12,19-20,26,35H,4-5,13-18H2,1-3H3,(H2,31,32)(H,33,38)(H,36,37). The summed E-state index contributed by atoms with van der Waals surface area (Å²) in [5.41, 5.74) is 6.76. The first-order chi connectivity index (χ1) is 18.5. The first-order valence-electron chi connectivity index (χ1n) is 13.5. The zero-order valence-corrected chi connectivity index (χ0v) is 23.0. The molecule has 0 spiro atoms. The molecule has 1 aliphatic rings. The number of carboxylic acid groups (broad SMARTS) is 1. The quantitative estimate of drug-likeness (QED) is 0.193. The number of hydrogen-bond donors (Lipinski definition) is 4. The van der Waals surface area contributed by atoms with E-state index in [0.717, 1.165) is 18.4 Å². The van der Waals surface area contributed by atoms with Crippen LogP contribution >= 0.6 is 0 Å². The highest BCUT2D eigenvalue weighted by molar-refractivity contribution is 6.00. The van der Waals surface area contributed by atoms with Gasteiger partial charge >= 0.3 is 5.97 Å². The number of carbonyl (C=O) groups is 3. The molecule has 1 heterocycles. The van der Waals surface area contributed by atoms with Crippen LogP contribution in [-0.4, -0.2) is 58.4 Å². The maximum Gasteiger partial charge on any atom is 0.303 e. The number of nitrogens with zero attached hydrogens (tertiary/aromatic N) is 2. The third-order valence-corrected chi connectivity index (χ3v) is 7.35. The minimum absolute atomic E-state index is 0.0340. The number of carbonyl (C=O) groups excluding carboxylic acids is 2. The fraction of sp³-hybridized carbons (Fsp3) is 0.467. The molecule has 3 rings (SSSR count). The summed E-state index contributed by atoms with van der Waals surface area (Å²) in [7, 11) is 0. The summed E-state index contributed by atoms with van der Waals surface area (Å²) in [6, 6.07) is 12.7. The Morgan fingerprint density at radius 2 is 1.74 bits per heavy atom. The van der Waals surface area contributed by atoms with Crippen LogP contribution in [-0.2, 0) is 9.59 Å². The zero-order chi connectivity index (χ0) is 28.6. The van der Waals surface area contributed by atoms with Crippen LogP contribution in [0.4, 0.5) is 0 Å². The smallest absolute Gasteiger partial charge is 0.303 e. The number of likely N-dealkylation sites (tertiary alicyclic amines) is 1. The van der Waals surface area contributed by atoms with Gasteiger partial charge in [0.2, 0.25) is 5.91 Å². The van der Waals surface area contributed by atoms with Crippen molar-refractivity contribution in [3.8, 4) is 5.75 Å². The summed E-state index contributed by atoms with van der Waals surface area (Å²) >= 11 is 0. The maximum absolute atomic E-state index is 13.8. The van der Waals surface area contributed by atoms with Gasteiger partial charge in [0.05, 0.1) is 11.5 Å². The number of phenols is 1. The van der Waals surface area contributed by atoms with Crippen LogP contribution < -0.4 is 11.1 Å². The Morgan fingerprint density at radius 3 is 2.33 bits per heavy atom. The normalized spacial score (nSPS) is 15.6. The Balaban J connectivity index is 1.80. The number of amides is 2. The van der Waals surface area contributed by atoms with Crippen molar-refractivity contribution in [3.63, 3.8) is 0 Å². The molecule has 0 aromatic heterocycles. The van der Waals surface area contributed by atoms with E-state index in [4.69, 9.17) is 10.8 Å². The number of unbranched alkanes of at least 4 members (excludes halogenated alkanes) is 1. The number of benzene rings is 2. The minimum atomic E-state index is -1.06. The van der Waals surface area contributed by atoms with E-state index in [-0.39, 0.29) is 29.9 Å². The van der Waals surface area contributed by atoms with Gasteiger partial charge in [-0.15, -0.1) is 0 Å². The number of carboxylic acids is 1. The van der Waals surface area contributed by atoms with Gasteiger partial charge in [-0.2, -0.15) is 0 Å². The topological polar surface area (TPSA) is 145 Å². The number of aromatic hydroxyl groups is 1. The fourth-order valence-corrected chi connectivity index (χ4v) is 4.96. The first-order valence-corrected chi connectivity index (χ1v) is 13.5. The van der Waals surface area contributed by atoms with Crippen molar-refractivity contribution >= 4 is 23.6 Å². The van der Waals surface area contributed by atoms with Gasteiger partial charge in [0, 0.05) is 37.2 Å². The van der Waals surface area contributed by atoms with Gasteiger partial charge in [0.25, 0.3) is 5.91 Å². The Kier molecular flexibility index (Phi) is 10.1. The number of hydrogen-bond acceptors (Lipinski definition) is 5. The number of amidine groups is 1. The molecule has 5 N–H and O–H groups in total. The van der Waals surface area contributed by atoms with Gasteiger partial charge in [0.15, 0.2) is 0 Å². The Labute approximate surface area is 230 Å². The highest BCUT2D eigenvalue weighted by atomic mass is 16.4. The number of phenolic OH excluding ortho intramolecular Hbond substituents is 1.